The van der Waals surface area contributed by atoms with Crippen LogP contribution in [0, 0.1) is 0 Å². The van der Waals surface area contributed by atoms with Crippen molar-refractivity contribution in [3.05, 3.63) is 58.1 Å². The molecule has 3 nitrogen and oxygen atoms in total. The maximum Gasteiger partial charge on any atom is 0.200 e. The van der Waals surface area contributed by atoms with E-state index in [4.69, 9.17) is 9.47 Å². The summed E-state index contributed by atoms with van der Waals surface area (Å²) >= 11 is 3.34. The molecule has 0 bridgehead atoms. The maximum absolute atomic E-state index is 12.1. The van der Waals surface area contributed by atoms with Crippen LogP contribution in [-0.4, -0.2) is 19.5 Å². The quantitative estimate of drug-likeness (QED) is 0.730. The van der Waals surface area contributed by atoms with Crippen molar-refractivity contribution in [1.29, 1.82) is 0 Å². The average molecular weight is 349 g/mol. The van der Waals surface area contributed by atoms with Crippen LogP contribution in [0.3, 0.4) is 0 Å². The van der Waals surface area contributed by atoms with Gasteiger partial charge < -0.3 is 9.47 Å². The van der Waals surface area contributed by atoms with Gasteiger partial charge in [0, 0.05) is 10.0 Å². The normalized spacial score (nSPS) is 10.2. The molecular formula is C17H17BrO3. The Kier molecular flexibility index (Phi) is 5.39. The standard InChI is InChI=1S/C17H17BrO3/c1-3-12-4-9-16(17(10-12)20-2)21-11-15(19)13-5-7-14(18)8-6-13/h4-10H,3,11H2,1-2H3. The van der Waals surface area contributed by atoms with Gasteiger partial charge in [-0.1, -0.05) is 41.1 Å². The lowest BCUT2D eigenvalue weighted by Crippen LogP contribution is -2.12. The van der Waals surface area contributed by atoms with Crippen molar-refractivity contribution in [2.75, 3.05) is 13.7 Å². The van der Waals surface area contributed by atoms with E-state index in [2.05, 4.69) is 22.9 Å². The van der Waals surface area contributed by atoms with E-state index in [1.54, 1.807) is 19.2 Å². The van der Waals surface area contributed by atoms with Crippen LogP contribution in [0.15, 0.2) is 46.9 Å². The summed E-state index contributed by atoms with van der Waals surface area (Å²) in [6, 6.07) is 13.0. The number of aryl methyl sites for hydroxylation is 1. The lowest BCUT2D eigenvalue weighted by Gasteiger charge is -2.11. The summed E-state index contributed by atoms with van der Waals surface area (Å²) in [7, 11) is 1.60. The van der Waals surface area contributed by atoms with Gasteiger partial charge in [0.2, 0.25) is 0 Å². The Morgan fingerprint density at radius 3 is 2.43 bits per heavy atom. The fourth-order valence-electron chi connectivity index (χ4n) is 1.91. The molecule has 0 aliphatic heterocycles. The summed E-state index contributed by atoms with van der Waals surface area (Å²) in [4.78, 5) is 12.1. The van der Waals surface area contributed by atoms with Crippen LogP contribution in [0.5, 0.6) is 11.5 Å². The number of Topliss-reactive ketones (excluding diaryl/α,β-unsaturated/α-hetero) is 1. The lowest BCUT2D eigenvalue weighted by molar-refractivity contribution is 0.0919. The SMILES string of the molecule is CCc1ccc(OCC(=O)c2ccc(Br)cc2)c(OC)c1. The van der Waals surface area contributed by atoms with Crippen molar-refractivity contribution in [2.45, 2.75) is 13.3 Å². The molecule has 0 spiro atoms. The fraction of sp³-hybridized carbons (Fsp3) is 0.235. The summed E-state index contributed by atoms with van der Waals surface area (Å²) in [5.41, 5.74) is 1.79. The predicted molar refractivity (Wildman–Crippen MR) is 86.3 cm³/mol. The second-order valence-corrected chi connectivity index (χ2v) is 5.47. The first kappa shape index (κ1) is 15.6. The van der Waals surface area contributed by atoms with Crippen LogP contribution in [-0.2, 0) is 6.42 Å². The number of ketones is 1. The van der Waals surface area contributed by atoms with Crippen molar-refractivity contribution < 1.29 is 14.3 Å². The van der Waals surface area contributed by atoms with Gasteiger partial charge in [-0.3, -0.25) is 4.79 Å². The molecule has 2 aromatic carbocycles. The van der Waals surface area contributed by atoms with Gasteiger partial charge >= 0.3 is 0 Å². The van der Waals surface area contributed by atoms with E-state index >= 15 is 0 Å². The number of rotatable bonds is 6. The predicted octanol–water partition coefficient (Wildman–Crippen LogP) is 4.28. The third-order valence-electron chi connectivity index (χ3n) is 3.16. The number of hydrogen-bond donors (Lipinski definition) is 0. The summed E-state index contributed by atoms with van der Waals surface area (Å²) < 4.78 is 11.8. The Morgan fingerprint density at radius 2 is 1.81 bits per heavy atom. The van der Waals surface area contributed by atoms with Crippen LogP contribution in [0.2, 0.25) is 0 Å². The highest BCUT2D eigenvalue weighted by atomic mass is 79.9. The zero-order chi connectivity index (χ0) is 15.2. The Labute approximate surface area is 133 Å². The topological polar surface area (TPSA) is 35.5 Å². The van der Waals surface area contributed by atoms with Gasteiger partial charge in [-0.05, 0) is 36.2 Å². The first-order valence-corrected chi connectivity index (χ1v) is 7.51. The van der Waals surface area contributed by atoms with Crippen LogP contribution >= 0.6 is 15.9 Å². The van der Waals surface area contributed by atoms with Gasteiger partial charge in [-0.15, -0.1) is 0 Å². The fourth-order valence-corrected chi connectivity index (χ4v) is 2.18. The molecule has 0 atom stereocenters. The molecule has 110 valence electrons. The third-order valence-corrected chi connectivity index (χ3v) is 3.69. The van der Waals surface area contributed by atoms with E-state index in [9.17, 15) is 4.79 Å². The van der Waals surface area contributed by atoms with Crippen LogP contribution < -0.4 is 9.47 Å². The second-order valence-electron chi connectivity index (χ2n) is 4.56. The van der Waals surface area contributed by atoms with Crippen molar-refractivity contribution in [2.24, 2.45) is 0 Å². The monoisotopic (exact) mass is 348 g/mol. The number of benzene rings is 2. The minimum Gasteiger partial charge on any atom is -0.493 e. The molecule has 0 heterocycles. The molecule has 0 aliphatic carbocycles. The molecule has 2 rings (SSSR count). The van der Waals surface area contributed by atoms with E-state index in [0.717, 1.165) is 10.9 Å². The zero-order valence-electron chi connectivity index (χ0n) is 12.1. The molecule has 0 unspecified atom stereocenters. The second kappa shape index (κ2) is 7.27. The average Bonchev–Trinajstić information content (AvgIpc) is 2.53. The van der Waals surface area contributed by atoms with E-state index < -0.39 is 0 Å². The Bertz CT molecular complexity index is 620. The largest absolute Gasteiger partial charge is 0.493 e. The molecule has 21 heavy (non-hydrogen) atoms. The minimum atomic E-state index is -0.0656. The molecule has 2 aromatic rings. The Balaban J connectivity index is 2.05. The first-order chi connectivity index (χ1) is 10.1. The number of carbonyl (C=O) groups excluding carboxylic acids is 1. The van der Waals surface area contributed by atoms with Gasteiger partial charge in [0.15, 0.2) is 23.9 Å². The van der Waals surface area contributed by atoms with Crippen molar-refractivity contribution in [1.82, 2.24) is 0 Å². The smallest absolute Gasteiger partial charge is 0.200 e. The highest BCUT2D eigenvalue weighted by Gasteiger charge is 2.10. The lowest BCUT2D eigenvalue weighted by atomic mass is 10.1. The molecule has 4 heteroatoms. The van der Waals surface area contributed by atoms with E-state index in [1.165, 1.54) is 5.56 Å². The molecule has 0 N–H and O–H groups in total. The van der Waals surface area contributed by atoms with Gasteiger partial charge in [0.05, 0.1) is 7.11 Å². The Morgan fingerprint density at radius 1 is 1.10 bits per heavy atom. The molecule has 0 fully saturated rings. The third kappa shape index (κ3) is 4.08. The van der Waals surface area contributed by atoms with E-state index in [1.807, 2.05) is 30.3 Å². The van der Waals surface area contributed by atoms with Gasteiger partial charge in [0.25, 0.3) is 0 Å². The molecular weight excluding hydrogens is 332 g/mol. The van der Waals surface area contributed by atoms with Crippen molar-refractivity contribution in [3.8, 4) is 11.5 Å². The van der Waals surface area contributed by atoms with E-state index in [0.29, 0.717) is 17.1 Å². The van der Waals surface area contributed by atoms with Crippen molar-refractivity contribution in [3.63, 3.8) is 0 Å². The highest BCUT2D eigenvalue weighted by molar-refractivity contribution is 9.10. The first-order valence-electron chi connectivity index (χ1n) is 6.72. The molecule has 0 saturated carbocycles. The molecule has 0 saturated heterocycles. The van der Waals surface area contributed by atoms with Crippen LogP contribution in [0.1, 0.15) is 22.8 Å². The van der Waals surface area contributed by atoms with Crippen LogP contribution in [0.4, 0.5) is 0 Å². The number of methoxy groups -OCH3 is 1. The van der Waals surface area contributed by atoms with Gasteiger partial charge in [-0.2, -0.15) is 0 Å². The van der Waals surface area contributed by atoms with Gasteiger partial charge in [0.1, 0.15) is 0 Å². The van der Waals surface area contributed by atoms with Gasteiger partial charge in [-0.25, -0.2) is 0 Å². The number of carbonyl (C=O) groups is 1. The van der Waals surface area contributed by atoms with Crippen LogP contribution in [0.25, 0.3) is 0 Å². The molecule has 0 radical (unpaired) electrons. The number of hydrogen-bond acceptors (Lipinski definition) is 3. The zero-order valence-corrected chi connectivity index (χ0v) is 13.6. The summed E-state index contributed by atoms with van der Waals surface area (Å²) in [5, 5.41) is 0. The summed E-state index contributed by atoms with van der Waals surface area (Å²) in [6.07, 6.45) is 0.925. The van der Waals surface area contributed by atoms with E-state index in [-0.39, 0.29) is 12.4 Å². The molecule has 0 aromatic heterocycles. The van der Waals surface area contributed by atoms with Crippen molar-refractivity contribution >= 4 is 21.7 Å². The molecule has 0 amide bonds. The minimum absolute atomic E-state index is 0.0105. The maximum atomic E-state index is 12.1. The summed E-state index contributed by atoms with van der Waals surface area (Å²) in [5.74, 6) is 1.17. The number of halogens is 1. The summed E-state index contributed by atoms with van der Waals surface area (Å²) in [6.45, 7) is 2.07. The molecule has 0 aliphatic rings. The highest BCUT2D eigenvalue weighted by Crippen LogP contribution is 2.28. The number of ether oxygens (including phenoxy) is 2. The Hall–Kier alpha value is -1.81.